The van der Waals surface area contributed by atoms with E-state index in [1.807, 2.05) is 0 Å². The Morgan fingerprint density at radius 2 is 2.00 bits per heavy atom. The highest BCUT2D eigenvalue weighted by Gasteiger charge is 2.30. The van der Waals surface area contributed by atoms with Gasteiger partial charge in [0.2, 0.25) is 0 Å². The van der Waals surface area contributed by atoms with Gasteiger partial charge in [-0.3, -0.25) is 0 Å². The molecule has 0 radical (unpaired) electrons. The normalized spacial score (nSPS) is 14.3. The number of alkyl halides is 3. The molecule has 0 aliphatic carbocycles. The summed E-state index contributed by atoms with van der Waals surface area (Å²) in [6.45, 7) is 4.10. The third-order valence-electron chi connectivity index (χ3n) is 2.77. The molecule has 0 saturated heterocycles. The van der Waals surface area contributed by atoms with Gasteiger partial charge in [-0.05, 0) is 30.5 Å². The lowest BCUT2D eigenvalue weighted by Gasteiger charge is -2.10. The minimum atomic E-state index is -4.34. The van der Waals surface area contributed by atoms with Crippen LogP contribution in [0.5, 0.6) is 0 Å². The molecule has 1 aromatic carbocycles. The number of aromatic nitrogens is 1. The monoisotopic (exact) mass is 288 g/mol. The predicted molar refractivity (Wildman–Crippen MR) is 71.0 cm³/mol. The van der Waals surface area contributed by atoms with Crippen LogP contribution in [-0.4, -0.2) is 4.98 Å². The minimum absolute atomic E-state index is 0.216. The molecular weight excluding hydrogens is 273 g/mol. The van der Waals surface area contributed by atoms with E-state index in [0.29, 0.717) is 16.4 Å². The summed E-state index contributed by atoms with van der Waals surface area (Å²) >= 11 is 1.36. The molecule has 1 unspecified atom stereocenters. The molecule has 2 aromatic rings. The van der Waals surface area contributed by atoms with Gasteiger partial charge in [-0.1, -0.05) is 13.8 Å². The Hall–Kier alpha value is -1.14. The second-order valence-corrected chi connectivity index (χ2v) is 6.03. The van der Waals surface area contributed by atoms with Crippen LogP contribution in [0.25, 0.3) is 10.2 Å². The van der Waals surface area contributed by atoms with Crippen molar-refractivity contribution in [2.75, 3.05) is 0 Å². The molecule has 1 atom stereocenters. The molecule has 2 nitrogen and oxygen atoms in total. The number of hydrogen-bond donors (Lipinski definition) is 1. The Bertz CT molecular complexity index is 575. The number of rotatable bonds is 3. The SMILES string of the molecule is CC(C)CC(N)c1nc2cc(C(F)(F)F)ccc2s1. The molecule has 0 aliphatic heterocycles. The fourth-order valence-electron chi connectivity index (χ4n) is 1.89. The van der Waals surface area contributed by atoms with Crippen molar-refractivity contribution in [3.05, 3.63) is 28.8 Å². The van der Waals surface area contributed by atoms with Crippen molar-refractivity contribution in [3.63, 3.8) is 0 Å². The zero-order chi connectivity index (χ0) is 14.2. The van der Waals surface area contributed by atoms with Gasteiger partial charge in [0.05, 0.1) is 21.8 Å². The van der Waals surface area contributed by atoms with E-state index in [9.17, 15) is 13.2 Å². The average molecular weight is 288 g/mol. The maximum Gasteiger partial charge on any atom is 0.416 e. The molecule has 0 bridgehead atoms. The van der Waals surface area contributed by atoms with Gasteiger partial charge < -0.3 is 5.73 Å². The highest BCUT2D eigenvalue weighted by Crippen LogP contribution is 2.34. The standard InChI is InChI=1S/C13H15F3N2S/c1-7(2)5-9(17)12-18-10-6-8(13(14,15)16)3-4-11(10)19-12/h3-4,6-7,9H,5,17H2,1-2H3. The lowest BCUT2D eigenvalue weighted by Crippen LogP contribution is -2.12. The summed E-state index contributed by atoms with van der Waals surface area (Å²) in [5.41, 5.74) is 5.71. The molecule has 1 heterocycles. The van der Waals surface area contributed by atoms with Gasteiger partial charge in [-0.25, -0.2) is 4.98 Å². The third-order valence-corrected chi connectivity index (χ3v) is 3.94. The van der Waals surface area contributed by atoms with E-state index in [4.69, 9.17) is 5.73 Å². The fraction of sp³-hybridized carbons (Fsp3) is 0.462. The Morgan fingerprint density at radius 1 is 1.32 bits per heavy atom. The molecule has 2 N–H and O–H groups in total. The van der Waals surface area contributed by atoms with Crippen LogP contribution in [-0.2, 0) is 6.18 Å². The summed E-state index contributed by atoms with van der Waals surface area (Å²) in [5.74, 6) is 0.424. The zero-order valence-electron chi connectivity index (χ0n) is 10.7. The topological polar surface area (TPSA) is 38.9 Å². The summed E-state index contributed by atoms with van der Waals surface area (Å²) in [4.78, 5) is 4.23. The van der Waals surface area contributed by atoms with Gasteiger partial charge in [-0.2, -0.15) is 13.2 Å². The van der Waals surface area contributed by atoms with Crippen LogP contribution in [0.2, 0.25) is 0 Å². The van der Waals surface area contributed by atoms with Gasteiger partial charge in [-0.15, -0.1) is 11.3 Å². The maximum absolute atomic E-state index is 12.6. The molecule has 19 heavy (non-hydrogen) atoms. The summed E-state index contributed by atoms with van der Waals surface area (Å²) in [5, 5.41) is 0.697. The van der Waals surface area contributed by atoms with Crippen molar-refractivity contribution in [3.8, 4) is 0 Å². The van der Waals surface area contributed by atoms with E-state index < -0.39 is 11.7 Å². The first kappa shape index (κ1) is 14.3. The van der Waals surface area contributed by atoms with Crippen molar-refractivity contribution in [2.24, 2.45) is 11.7 Å². The van der Waals surface area contributed by atoms with E-state index in [0.717, 1.165) is 23.3 Å². The van der Waals surface area contributed by atoms with Crippen LogP contribution in [0.4, 0.5) is 13.2 Å². The highest BCUT2D eigenvalue weighted by molar-refractivity contribution is 7.18. The van der Waals surface area contributed by atoms with E-state index in [1.165, 1.54) is 17.4 Å². The van der Waals surface area contributed by atoms with Crippen LogP contribution in [0.15, 0.2) is 18.2 Å². The van der Waals surface area contributed by atoms with E-state index in [1.54, 1.807) is 0 Å². The first-order valence-electron chi connectivity index (χ1n) is 6.00. The van der Waals surface area contributed by atoms with Crippen LogP contribution in [0, 0.1) is 5.92 Å². The molecule has 0 saturated carbocycles. The second kappa shape index (κ2) is 5.09. The van der Waals surface area contributed by atoms with E-state index in [2.05, 4.69) is 18.8 Å². The van der Waals surface area contributed by atoms with Gasteiger partial charge in [0.15, 0.2) is 0 Å². The number of nitrogens with zero attached hydrogens (tertiary/aromatic N) is 1. The quantitative estimate of drug-likeness (QED) is 0.911. The fourth-order valence-corrected chi connectivity index (χ4v) is 2.85. The molecule has 6 heteroatoms. The molecule has 0 fully saturated rings. The largest absolute Gasteiger partial charge is 0.416 e. The van der Waals surface area contributed by atoms with Crippen molar-refractivity contribution in [1.29, 1.82) is 0 Å². The molecule has 0 spiro atoms. The Balaban J connectivity index is 2.35. The molecule has 2 rings (SSSR count). The van der Waals surface area contributed by atoms with Gasteiger partial charge in [0.25, 0.3) is 0 Å². The Kier molecular flexibility index (Phi) is 3.82. The van der Waals surface area contributed by atoms with Gasteiger partial charge in [0, 0.05) is 0 Å². The van der Waals surface area contributed by atoms with Crippen molar-refractivity contribution in [1.82, 2.24) is 4.98 Å². The van der Waals surface area contributed by atoms with E-state index in [-0.39, 0.29) is 6.04 Å². The smallest absolute Gasteiger partial charge is 0.322 e. The first-order valence-corrected chi connectivity index (χ1v) is 6.82. The lowest BCUT2D eigenvalue weighted by atomic mass is 10.1. The summed E-state index contributed by atoms with van der Waals surface area (Å²) in [7, 11) is 0. The van der Waals surface area contributed by atoms with Crippen LogP contribution < -0.4 is 5.73 Å². The molecule has 0 aliphatic rings. The zero-order valence-corrected chi connectivity index (χ0v) is 11.5. The number of benzene rings is 1. The summed E-state index contributed by atoms with van der Waals surface area (Å²) < 4.78 is 38.6. The summed E-state index contributed by atoms with van der Waals surface area (Å²) in [6, 6.07) is 3.41. The van der Waals surface area contributed by atoms with Crippen LogP contribution >= 0.6 is 11.3 Å². The molecule has 104 valence electrons. The second-order valence-electron chi connectivity index (χ2n) is 4.97. The average Bonchev–Trinajstić information content (AvgIpc) is 2.69. The Morgan fingerprint density at radius 3 is 2.58 bits per heavy atom. The third kappa shape index (κ3) is 3.25. The number of halogens is 3. The first-order chi connectivity index (χ1) is 8.77. The molecule has 0 amide bonds. The molecular formula is C13H15F3N2S. The number of fused-ring (bicyclic) bond motifs is 1. The summed E-state index contributed by atoms with van der Waals surface area (Å²) in [6.07, 6.45) is -3.57. The highest BCUT2D eigenvalue weighted by atomic mass is 32.1. The maximum atomic E-state index is 12.6. The van der Waals surface area contributed by atoms with Crippen LogP contribution in [0.3, 0.4) is 0 Å². The van der Waals surface area contributed by atoms with Crippen molar-refractivity contribution < 1.29 is 13.2 Å². The van der Waals surface area contributed by atoms with Crippen LogP contribution in [0.1, 0.15) is 36.9 Å². The van der Waals surface area contributed by atoms with Crippen molar-refractivity contribution in [2.45, 2.75) is 32.5 Å². The van der Waals surface area contributed by atoms with Gasteiger partial charge in [0.1, 0.15) is 5.01 Å². The van der Waals surface area contributed by atoms with Crippen molar-refractivity contribution >= 4 is 21.6 Å². The van der Waals surface area contributed by atoms with E-state index >= 15 is 0 Å². The number of nitrogens with two attached hydrogens (primary N) is 1. The molecule has 1 aromatic heterocycles. The predicted octanol–water partition coefficient (Wildman–Crippen LogP) is 4.36. The Labute approximate surface area is 113 Å². The number of hydrogen-bond acceptors (Lipinski definition) is 3. The lowest BCUT2D eigenvalue weighted by molar-refractivity contribution is -0.137. The number of thiazole rings is 1. The van der Waals surface area contributed by atoms with Gasteiger partial charge >= 0.3 is 6.18 Å². The minimum Gasteiger partial charge on any atom is -0.322 e.